The average molecular weight is 168 g/mol. The Hall–Kier alpha value is -0.330. The van der Waals surface area contributed by atoms with E-state index in [1.54, 1.807) is 0 Å². The Labute approximate surface area is 75.5 Å². The summed E-state index contributed by atoms with van der Waals surface area (Å²) < 4.78 is 0. The summed E-state index contributed by atoms with van der Waals surface area (Å²) in [7, 11) is 0. The van der Waals surface area contributed by atoms with Crippen LogP contribution in [0.2, 0.25) is 0 Å². The summed E-state index contributed by atoms with van der Waals surface area (Å²) >= 11 is 0. The van der Waals surface area contributed by atoms with Gasteiger partial charge in [-0.15, -0.1) is 0 Å². The van der Waals surface area contributed by atoms with Crippen LogP contribution in [0.4, 0.5) is 0 Å². The highest BCUT2D eigenvalue weighted by atomic mass is 16.1. The lowest BCUT2D eigenvalue weighted by Crippen LogP contribution is -2.31. The van der Waals surface area contributed by atoms with Gasteiger partial charge in [0.1, 0.15) is 5.78 Å². The maximum atomic E-state index is 11.4. The van der Waals surface area contributed by atoms with Gasteiger partial charge in [-0.2, -0.15) is 0 Å². The zero-order valence-corrected chi connectivity index (χ0v) is 8.52. The number of hydrogen-bond acceptors (Lipinski definition) is 1. The molecule has 0 spiro atoms. The number of hydrogen-bond donors (Lipinski definition) is 0. The topological polar surface area (TPSA) is 17.1 Å². The summed E-state index contributed by atoms with van der Waals surface area (Å²) in [6.45, 7) is 6.64. The lowest BCUT2D eigenvalue weighted by atomic mass is 9.67. The van der Waals surface area contributed by atoms with E-state index in [2.05, 4.69) is 20.8 Å². The van der Waals surface area contributed by atoms with Crippen LogP contribution in [-0.2, 0) is 4.79 Å². The largest absolute Gasteiger partial charge is 0.300 e. The van der Waals surface area contributed by atoms with Gasteiger partial charge in [-0.05, 0) is 17.8 Å². The summed E-state index contributed by atoms with van der Waals surface area (Å²) in [6.07, 6.45) is 5.25. The molecular weight excluding hydrogens is 148 g/mol. The Kier molecular flexibility index (Phi) is 2.92. The van der Waals surface area contributed by atoms with E-state index in [0.717, 1.165) is 12.8 Å². The van der Waals surface area contributed by atoms with Crippen molar-refractivity contribution in [3.05, 3.63) is 0 Å². The molecule has 12 heavy (non-hydrogen) atoms. The van der Waals surface area contributed by atoms with Gasteiger partial charge in [0.05, 0.1) is 0 Å². The third-order valence-electron chi connectivity index (χ3n) is 3.43. The third kappa shape index (κ3) is 1.88. The second-order valence-corrected chi connectivity index (χ2v) is 4.44. The van der Waals surface area contributed by atoms with Crippen LogP contribution in [0.15, 0.2) is 0 Å². The molecule has 1 saturated carbocycles. The highest BCUT2D eigenvalue weighted by Crippen LogP contribution is 2.42. The molecule has 1 aliphatic carbocycles. The van der Waals surface area contributed by atoms with Gasteiger partial charge in [-0.25, -0.2) is 0 Å². The molecule has 0 amide bonds. The highest BCUT2D eigenvalue weighted by molar-refractivity contribution is 5.80. The second kappa shape index (κ2) is 3.59. The SMILES string of the molecule is CCC1(CC)CC(=O)CC(C)C1. The third-order valence-corrected chi connectivity index (χ3v) is 3.43. The van der Waals surface area contributed by atoms with Crippen molar-refractivity contribution in [1.29, 1.82) is 0 Å². The van der Waals surface area contributed by atoms with Crippen LogP contribution in [-0.4, -0.2) is 5.78 Å². The molecule has 0 aliphatic heterocycles. The number of rotatable bonds is 2. The van der Waals surface area contributed by atoms with Gasteiger partial charge in [-0.1, -0.05) is 33.6 Å². The molecule has 1 heteroatoms. The van der Waals surface area contributed by atoms with E-state index in [1.165, 1.54) is 19.3 Å². The summed E-state index contributed by atoms with van der Waals surface area (Å²) in [5.41, 5.74) is 0.356. The Bertz CT molecular complexity index is 168. The fourth-order valence-corrected chi connectivity index (χ4v) is 2.55. The summed E-state index contributed by atoms with van der Waals surface area (Å²) in [5, 5.41) is 0. The van der Waals surface area contributed by atoms with Gasteiger partial charge < -0.3 is 0 Å². The molecule has 0 N–H and O–H groups in total. The predicted molar refractivity (Wildman–Crippen MR) is 51.0 cm³/mol. The number of ketones is 1. The second-order valence-electron chi connectivity index (χ2n) is 4.44. The number of carbonyl (C=O) groups is 1. The van der Waals surface area contributed by atoms with Crippen molar-refractivity contribution in [2.75, 3.05) is 0 Å². The maximum Gasteiger partial charge on any atom is 0.133 e. The Morgan fingerprint density at radius 3 is 2.42 bits per heavy atom. The molecule has 1 aliphatic rings. The lowest BCUT2D eigenvalue weighted by Gasteiger charge is -2.37. The van der Waals surface area contributed by atoms with Crippen molar-refractivity contribution in [3.8, 4) is 0 Å². The first kappa shape index (κ1) is 9.76. The van der Waals surface area contributed by atoms with E-state index < -0.39 is 0 Å². The maximum absolute atomic E-state index is 11.4. The zero-order chi connectivity index (χ0) is 9.19. The molecule has 0 radical (unpaired) electrons. The smallest absolute Gasteiger partial charge is 0.133 e. The van der Waals surface area contributed by atoms with Gasteiger partial charge in [-0.3, -0.25) is 4.79 Å². The van der Waals surface area contributed by atoms with Crippen molar-refractivity contribution in [2.45, 2.75) is 52.9 Å². The lowest BCUT2D eigenvalue weighted by molar-refractivity contribution is -0.125. The first-order valence-electron chi connectivity index (χ1n) is 5.13. The molecule has 1 fully saturated rings. The fourth-order valence-electron chi connectivity index (χ4n) is 2.55. The highest BCUT2D eigenvalue weighted by Gasteiger charge is 2.35. The van der Waals surface area contributed by atoms with E-state index in [0.29, 0.717) is 17.1 Å². The van der Waals surface area contributed by atoms with Crippen molar-refractivity contribution < 1.29 is 4.79 Å². The summed E-state index contributed by atoms with van der Waals surface area (Å²) in [4.78, 5) is 11.4. The van der Waals surface area contributed by atoms with E-state index in [9.17, 15) is 4.79 Å². The van der Waals surface area contributed by atoms with Crippen LogP contribution in [0.3, 0.4) is 0 Å². The molecule has 1 atom stereocenters. The quantitative estimate of drug-likeness (QED) is 0.619. The normalized spacial score (nSPS) is 28.9. The minimum atomic E-state index is 0.356. The van der Waals surface area contributed by atoms with E-state index >= 15 is 0 Å². The number of Topliss-reactive ketones (excluding diaryl/α,β-unsaturated/α-hetero) is 1. The Morgan fingerprint density at radius 2 is 2.00 bits per heavy atom. The molecule has 1 unspecified atom stereocenters. The van der Waals surface area contributed by atoms with Crippen molar-refractivity contribution >= 4 is 5.78 Å². The van der Waals surface area contributed by atoms with E-state index in [1.807, 2.05) is 0 Å². The Morgan fingerprint density at radius 1 is 1.42 bits per heavy atom. The van der Waals surface area contributed by atoms with Gasteiger partial charge in [0, 0.05) is 12.8 Å². The van der Waals surface area contributed by atoms with Crippen LogP contribution in [0, 0.1) is 11.3 Å². The summed E-state index contributed by atoms with van der Waals surface area (Å²) in [5.74, 6) is 1.10. The zero-order valence-electron chi connectivity index (χ0n) is 8.52. The van der Waals surface area contributed by atoms with Crippen LogP contribution < -0.4 is 0 Å². The monoisotopic (exact) mass is 168 g/mol. The van der Waals surface area contributed by atoms with Gasteiger partial charge in [0.2, 0.25) is 0 Å². The first-order valence-corrected chi connectivity index (χ1v) is 5.13. The fraction of sp³-hybridized carbons (Fsp3) is 0.909. The van der Waals surface area contributed by atoms with Gasteiger partial charge in [0.15, 0.2) is 0 Å². The molecule has 0 aromatic heterocycles. The molecule has 70 valence electrons. The minimum absolute atomic E-state index is 0.356. The molecule has 0 aromatic rings. The first-order chi connectivity index (χ1) is 5.62. The van der Waals surface area contributed by atoms with Crippen LogP contribution in [0.25, 0.3) is 0 Å². The Balaban J connectivity index is 2.69. The van der Waals surface area contributed by atoms with Crippen molar-refractivity contribution in [1.82, 2.24) is 0 Å². The molecule has 0 heterocycles. The van der Waals surface area contributed by atoms with E-state index in [4.69, 9.17) is 0 Å². The van der Waals surface area contributed by atoms with Crippen LogP contribution in [0.1, 0.15) is 52.9 Å². The van der Waals surface area contributed by atoms with Crippen LogP contribution in [0.5, 0.6) is 0 Å². The molecule has 0 bridgehead atoms. The van der Waals surface area contributed by atoms with Crippen molar-refractivity contribution in [3.63, 3.8) is 0 Å². The summed E-state index contributed by atoms with van der Waals surface area (Å²) in [6, 6.07) is 0. The average Bonchev–Trinajstić information content (AvgIpc) is 2.02. The number of carbonyl (C=O) groups excluding carboxylic acids is 1. The van der Waals surface area contributed by atoms with Gasteiger partial charge in [0.25, 0.3) is 0 Å². The van der Waals surface area contributed by atoms with Gasteiger partial charge >= 0.3 is 0 Å². The molecular formula is C11H20O. The minimum Gasteiger partial charge on any atom is -0.300 e. The van der Waals surface area contributed by atoms with Crippen molar-refractivity contribution in [2.24, 2.45) is 11.3 Å². The molecule has 1 nitrogen and oxygen atoms in total. The predicted octanol–water partition coefficient (Wildman–Crippen LogP) is 3.18. The molecule has 0 saturated heterocycles. The molecule has 0 aromatic carbocycles. The van der Waals surface area contributed by atoms with E-state index in [-0.39, 0.29) is 0 Å². The van der Waals surface area contributed by atoms with Crippen LogP contribution >= 0.6 is 0 Å². The molecule has 1 rings (SSSR count). The standard InChI is InChI=1S/C11H20O/c1-4-11(5-2)7-9(3)6-10(12)8-11/h9H,4-8H2,1-3H3.